The Bertz CT molecular complexity index is 1230. The first kappa shape index (κ1) is 31.0. The maximum absolute atomic E-state index is 13.4. The highest BCUT2D eigenvalue weighted by molar-refractivity contribution is 5.89. The SMILES string of the molecule is O=C(C[C@H]1CC=CC[C@@H](Cc2ccccc2)C(=O)OC[C@H](C(=O)OCc2ccccc2)NC1=O)NC1(CO)CCCC1. The molecule has 2 amide bonds. The van der Waals surface area contributed by atoms with E-state index in [0.29, 0.717) is 25.7 Å². The van der Waals surface area contributed by atoms with Crippen molar-refractivity contribution in [3.63, 3.8) is 0 Å². The zero-order chi connectivity index (χ0) is 29.8. The number of hydrogen-bond donors (Lipinski definition) is 3. The van der Waals surface area contributed by atoms with Crippen LogP contribution < -0.4 is 10.6 Å². The highest BCUT2D eigenvalue weighted by Crippen LogP contribution is 2.29. The summed E-state index contributed by atoms with van der Waals surface area (Å²) in [6.07, 6.45) is 7.81. The molecule has 2 aliphatic rings. The first-order chi connectivity index (χ1) is 20.4. The lowest BCUT2D eigenvalue weighted by atomic mass is 9.93. The number of hydrogen-bond acceptors (Lipinski definition) is 7. The van der Waals surface area contributed by atoms with E-state index in [2.05, 4.69) is 10.6 Å². The Morgan fingerprint density at radius 2 is 1.55 bits per heavy atom. The van der Waals surface area contributed by atoms with Crippen LogP contribution in [-0.4, -0.2) is 53.7 Å². The number of ether oxygens (including phenoxy) is 2. The van der Waals surface area contributed by atoms with Crippen LogP contribution in [0.2, 0.25) is 0 Å². The average Bonchev–Trinajstić information content (AvgIpc) is 3.47. The van der Waals surface area contributed by atoms with Crippen molar-refractivity contribution < 1.29 is 33.8 Å². The van der Waals surface area contributed by atoms with E-state index in [1.54, 1.807) is 6.08 Å². The van der Waals surface area contributed by atoms with Crippen molar-refractivity contribution in [1.29, 1.82) is 0 Å². The van der Waals surface area contributed by atoms with E-state index in [1.807, 2.05) is 66.7 Å². The summed E-state index contributed by atoms with van der Waals surface area (Å²) in [5, 5.41) is 15.5. The molecule has 3 atom stereocenters. The molecule has 0 unspecified atom stereocenters. The molecule has 1 aliphatic heterocycles. The summed E-state index contributed by atoms with van der Waals surface area (Å²) >= 11 is 0. The number of aliphatic hydroxyl groups is 1. The second-order valence-electron chi connectivity index (χ2n) is 11.2. The summed E-state index contributed by atoms with van der Waals surface area (Å²) < 4.78 is 11.0. The molecule has 1 heterocycles. The van der Waals surface area contributed by atoms with E-state index in [0.717, 1.165) is 24.0 Å². The van der Waals surface area contributed by atoms with Gasteiger partial charge in [0.25, 0.3) is 0 Å². The molecule has 224 valence electrons. The molecular weight excluding hydrogens is 536 g/mol. The van der Waals surface area contributed by atoms with E-state index in [-0.39, 0.29) is 38.6 Å². The molecule has 2 aromatic rings. The summed E-state index contributed by atoms with van der Waals surface area (Å²) in [6, 6.07) is 17.5. The normalized spacial score (nSPS) is 22.6. The quantitative estimate of drug-likeness (QED) is 0.308. The van der Waals surface area contributed by atoms with E-state index in [4.69, 9.17) is 9.47 Å². The van der Waals surface area contributed by atoms with Crippen molar-refractivity contribution in [2.75, 3.05) is 13.2 Å². The second-order valence-corrected chi connectivity index (χ2v) is 11.2. The number of benzene rings is 2. The largest absolute Gasteiger partial charge is 0.463 e. The minimum atomic E-state index is -1.24. The molecule has 1 saturated carbocycles. The van der Waals surface area contributed by atoms with Crippen LogP contribution in [0.3, 0.4) is 0 Å². The molecule has 1 fully saturated rings. The first-order valence-corrected chi connectivity index (χ1v) is 14.7. The van der Waals surface area contributed by atoms with E-state index in [1.165, 1.54) is 0 Å². The van der Waals surface area contributed by atoms with E-state index in [9.17, 15) is 24.3 Å². The molecule has 9 nitrogen and oxygen atoms in total. The van der Waals surface area contributed by atoms with Crippen molar-refractivity contribution >= 4 is 23.8 Å². The van der Waals surface area contributed by atoms with Gasteiger partial charge in [0.1, 0.15) is 13.2 Å². The Balaban J connectivity index is 1.50. The van der Waals surface area contributed by atoms with Crippen molar-refractivity contribution in [2.45, 2.75) is 69.6 Å². The second kappa shape index (κ2) is 15.3. The summed E-state index contributed by atoms with van der Waals surface area (Å²) in [5.74, 6) is -3.32. The molecule has 0 aromatic heterocycles. The minimum Gasteiger partial charge on any atom is -0.463 e. The summed E-state index contributed by atoms with van der Waals surface area (Å²) in [4.78, 5) is 52.6. The molecule has 1 aliphatic carbocycles. The third kappa shape index (κ3) is 9.01. The number of amides is 2. The monoisotopic (exact) mass is 576 g/mol. The third-order valence-electron chi connectivity index (χ3n) is 7.95. The highest BCUT2D eigenvalue weighted by Gasteiger charge is 2.36. The lowest BCUT2D eigenvalue weighted by Gasteiger charge is -2.29. The lowest BCUT2D eigenvalue weighted by molar-refractivity contribution is -0.157. The van der Waals surface area contributed by atoms with Gasteiger partial charge in [0, 0.05) is 6.42 Å². The van der Waals surface area contributed by atoms with Crippen LogP contribution in [0.25, 0.3) is 0 Å². The van der Waals surface area contributed by atoms with Gasteiger partial charge in [0.05, 0.1) is 24.0 Å². The lowest BCUT2D eigenvalue weighted by Crippen LogP contribution is -2.51. The average molecular weight is 577 g/mol. The predicted molar refractivity (Wildman–Crippen MR) is 156 cm³/mol. The van der Waals surface area contributed by atoms with Crippen LogP contribution in [0, 0.1) is 11.8 Å². The van der Waals surface area contributed by atoms with Gasteiger partial charge in [-0.2, -0.15) is 0 Å². The maximum Gasteiger partial charge on any atom is 0.332 e. The summed E-state index contributed by atoms with van der Waals surface area (Å²) in [7, 11) is 0. The molecule has 4 rings (SSSR count). The van der Waals surface area contributed by atoms with Crippen LogP contribution >= 0.6 is 0 Å². The number of allylic oxidation sites excluding steroid dienone is 2. The maximum atomic E-state index is 13.4. The first-order valence-electron chi connectivity index (χ1n) is 14.7. The molecule has 9 heteroatoms. The van der Waals surface area contributed by atoms with Crippen molar-refractivity contribution in [3.8, 4) is 0 Å². The number of nitrogens with one attached hydrogen (secondary N) is 2. The molecule has 2 aromatic carbocycles. The Kier molecular flexibility index (Phi) is 11.3. The van der Waals surface area contributed by atoms with Crippen LogP contribution in [0.15, 0.2) is 72.8 Å². The zero-order valence-electron chi connectivity index (χ0n) is 23.8. The van der Waals surface area contributed by atoms with Crippen molar-refractivity contribution in [2.24, 2.45) is 11.8 Å². The molecule has 42 heavy (non-hydrogen) atoms. The highest BCUT2D eigenvalue weighted by atomic mass is 16.6. The van der Waals surface area contributed by atoms with Gasteiger partial charge < -0.3 is 25.2 Å². The van der Waals surface area contributed by atoms with Crippen molar-refractivity contribution in [1.82, 2.24) is 10.6 Å². The predicted octanol–water partition coefficient (Wildman–Crippen LogP) is 3.39. The van der Waals surface area contributed by atoms with Gasteiger partial charge in [-0.3, -0.25) is 14.4 Å². The summed E-state index contributed by atoms with van der Waals surface area (Å²) in [6.45, 7) is -0.548. The van der Waals surface area contributed by atoms with Crippen LogP contribution in [-0.2, 0) is 41.7 Å². The van der Waals surface area contributed by atoms with Gasteiger partial charge in [-0.25, -0.2) is 4.79 Å². The third-order valence-corrected chi connectivity index (χ3v) is 7.95. The molecule has 3 N–H and O–H groups in total. The molecule has 0 saturated heterocycles. The number of esters is 2. The van der Waals surface area contributed by atoms with E-state index >= 15 is 0 Å². The number of aliphatic hydroxyl groups excluding tert-OH is 1. The molecule has 0 bridgehead atoms. The Labute approximate surface area is 246 Å². The number of rotatable bonds is 9. The fourth-order valence-corrected chi connectivity index (χ4v) is 5.48. The van der Waals surface area contributed by atoms with Gasteiger partial charge in [-0.05, 0) is 43.2 Å². The number of carbonyl (C=O) groups is 4. The standard InChI is InChI=1S/C33H40N2O7/c36-23-33(17-9-10-18-33)35-29(37)20-26-15-7-8-16-27(19-24-11-3-1-4-12-24)31(39)42-22-28(34-30(26)38)32(40)41-21-25-13-5-2-6-14-25/h1-8,11-14,26-28,36H,9-10,15-23H2,(H,34,38)(H,35,37)/t26-,27+,28-/m1/s1. The van der Waals surface area contributed by atoms with E-state index < -0.39 is 41.3 Å². The Morgan fingerprint density at radius 1 is 0.929 bits per heavy atom. The zero-order valence-corrected chi connectivity index (χ0v) is 23.8. The van der Waals surface area contributed by atoms with Crippen molar-refractivity contribution in [3.05, 3.63) is 83.9 Å². The smallest absolute Gasteiger partial charge is 0.332 e. The van der Waals surface area contributed by atoms with Gasteiger partial charge in [-0.1, -0.05) is 85.7 Å². The Hall–Kier alpha value is -3.98. The fraction of sp³-hybridized carbons (Fsp3) is 0.455. The van der Waals surface area contributed by atoms with Gasteiger partial charge in [-0.15, -0.1) is 0 Å². The Morgan fingerprint density at radius 3 is 2.19 bits per heavy atom. The minimum absolute atomic E-state index is 0.00552. The topological polar surface area (TPSA) is 131 Å². The van der Waals surface area contributed by atoms with Crippen LogP contribution in [0.4, 0.5) is 0 Å². The van der Waals surface area contributed by atoms with Crippen LogP contribution in [0.5, 0.6) is 0 Å². The molecule has 0 spiro atoms. The van der Waals surface area contributed by atoms with Gasteiger partial charge >= 0.3 is 11.9 Å². The van der Waals surface area contributed by atoms with Crippen LogP contribution in [0.1, 0.15) is 56.1 Å². The molecule has 0 radical (unpaired) electrons. The molecular formula is C33H40N2O7. The summed E-state index contributed by atoms with van der Waals surface area (Å²) in [5.41, 5.74) is 1.10. The number of cyclic esters (lactones) is 1. The van der Waals surface area contributed by atoms with Gasteiger partial charge in [0.2, 0.25) is 11.8 Å². The van der Waals surface area contributed by atoms with Gasteiger partial charge in [0.15, 0.2) is 6.04 Å². The number of carbonyl (C=O) groups excluding carboxylic acids is 4. The fourth-order valence-electron chi connectivity index (χ4n) is 5.48.